The van der Waals surface area contributed by atoms with Crippen molar-refractivity contribution in [2.75, 3.05) is 18.5 Å². The normalized spacial score (nSPS) is 13.5. The van der Waals surface area contributed by atoms with E-state index in [1.54, 1.807) is 0 Å². The van der Waals surface area contributed by atoms with Gasteiger partial charge < -0.3 is 20.1 Å². The van der Waals surface area contributed by atoms with Crippen LogP contribution in [0.1, 0.15) is 22.7 Å². The van der Waals surface area contributed by atoms with Gasteiger partial charge in [0, 0.05) is 11.8 Å². The number of fused-ring (bicyclic) bond motifs is 1. The summed E-state index contributed by atoms with van der Waals surface area (Å²) in [6.45, 7) is 3.23. The fraction of sp³-hybridized carbons (Fsp3) is 0.174. The molecule has 0 aliphatic carbocycles. The van der Waals surface area contributed by atoms with Crippen LogP contribution in [0.2, 0.25) is 0 Å². The molecule has 0 amide bonds. The highest BCUT2D eigenvalue weighted by molar-refractivity contribution is 7.80. The number of ether oxygens (including phenoxy) is 2. The monoisotopic (exact) mass is 390 g/mol. The van der Waals surface area contributed by atoms with Crippen LogP contribution >= 0.6 is 12.2 Å². The van der Waals surface area contributed by atoms with E-state index in [4.69, 9.17) is 21.7 Å². The second kappa shape index (κ2) is 8.31. The summed E-state index contributed by atoms with van der Waals surface area (Å²) in [7, 11) is 0. The molecule has 3 aromatic rings. The maximum Gasteiger partial charge on any atom is 0.171 e. The molecule has 0 radical (unpaired) electrons. The molecule has 2 N–H and O–H groups in total. The molecule has 142 valence electrons. The minimum Gasteiger partial charge on any atom is -0.486 e. The first-order valence-electron chi connectivity index (χ1n) is 9.28. The van der Waals surface area contributed by atoms with Crippen molar-refractivity contribution >= 4 is 23.0 Å². The van der Waals surface area contributed by atoms with Crippen molar-refractivity contribution in [3.05, 3.63) is 89.5 Å². The summed E-state index contributed by atoms with van der Waals surface area (Å²) in [5.41, 5.74) is 4.39. The molecule has 0 bridgehead atoms. The maximum atomic E-state index is 5.65. The van der Waals surface area contributed by atoms with Crippen LogP contribution in [0.4, 0.5) is 5.69 Å². The molecule has 1 heterocycles. The summed E-state index contributed by atoms with van der Waals surface area (Å²) in [5.74, 6) is 1.50. The Balaban J connectivity index is 1.54. The van der Waals surface area contributed by atoms with Crippen molar-refractivity contribution in [1.82, 2.24) is 5.32 Å². The smallest absolute Gasteiger partial charge is 0.171 e. The van der Waals surface area contributed by atoms with Gasteiger partial charge in [-0.25, -0.2) is 0 Å². The van der Waals surface area contributed by atoms with Crippen molar-refractivity contribution in [3.63, 3.8) is 0 Å². The topological polar surface area (TPSA) is 42.5 Å². The lowest BCUT2D eigenvalue weighted by Gasteiger charge is -2.23. The third-order valence-corrected chi connectivity index (χ3v) is 4.80. The number of benzene rings is 3. The predicted octanol–water partition coefficient (Wildman–Crippen LogP) is 4.84. The highest BCUT2D eigenvalue weighted by Gasteiger charge is 2.16. The van der Waals surface area contributed by atoms with Crippen LogP contribution in [0.25, 0.3) is 0 Å². The molecule has 0 saturated heterocycles. The van der Waals surface area contributed by atoms with Gasteiger partial charge in [-0.05, 0) is 42.4 Å². The number of hydrogen-bond donors (Lipinski definition) is 2. The zero-order valence-electron chi connectivity index (χ0n) is 15.6. The van der Waals surface area contributed by atoms with Gasteiger partial charge in [0.1, 0.15) is 13.2 Å². The highest BCUT2D eigenvalue weighted by Crippen LogP contribution is 2.32. The molecule has 5 heteroatoms. The molecule has 0 unspecified atom stereocenters. The van der Waals surface area contributed by atoms with Gasteiger partial charge in [0.05, 0.1) is 6.04 Å². The molecule has 1 aliphatic heterocycles. The van der Waals surface area contributed by atoms with Crippen LogP contribution < -0.4 is 20.1 Å². The van der Waals surface area contributed by atoms with Crippen LogP contribution in [-0.4, -0.2) is 18.3 Å². The molecule has 4 nitrogen and oxygen atoms in total. The first kappa shape index (κ1) is 18.3. The van der Waals surface area contributed by atoms with E-state index in [2.05, 4.69) is 54.0 Å². The molecule has 1 aliphatic rings. The van der Waals surface area contributed by atoms with Gasteiger partial charge in [-0.15, -0.1) is 0 Å². The van der Waals surface area contributed by atoms with Gasteiger partial charge in [-0.2, -0.15) is 0 Å². The Kier molecular flexibility index (Phi) is 5.44. The second-order valence-electron chi connectivity index (χ2n) is 6.71. The molecule has 4 rings (SSSR count). The molecule has 0 saturated carbocycles. The van der Waals surface area contributed by atoms with Crippen LogP contribution in [0, 0.1) is 6.92 Å². The molecular formula is C23H22N2O2S. The van der Waals surface area contributed by atoms with E-state index in [0.717, 1.165) is 28.3 Å². The van der Waals surface area contributed by atoms with Gasteiger partial charge in [0.25, 0.3) is 0 Å². The van der Waals surface area contributed by atoms with Crippen molar-refractivity contribution in [2.45, 2.75) is 13.0 Å². The minimum absolute atomic E-state index is 0.0432. The van der Waals surface area contributed by atoms with Crippen molar-refractivity contribution in [3.8, 4) is 11.5 Å². The molecule has 0 aromatic heterocycles. The quantitative estimate of drug-likeness (QED) is 0.624. The van der Waals surface area contributed by atoms with Crippen molar-refractivity contribution < 1.29 is 9.47 Å². The van der Waals surface area contributed by atoms with E-state index in [1.807, 2.05) is 36.4 Å². The van der Waals surface area contributed by atoms with Gasteiger partial charge >= 0.3 is 0 Å². The molecule has 0 fully saturated rings. The lowest BCUT2D eigenvalue weighted by atomic mass is 9.97. The number of hydrogen-bond acceptors (Lipinski definition) is 3. The third kappa shape index (κ3) is 4.26. The fourth-order valence-electron chi connectivity index (χ4n) is 3.27. The lowest BCUT2D eigenvalue weighted by Crippen LogP contribution is -2.33. The average Bonchev–Trinajstić information content (AvgIpc) is 2.72. The van der Waals surface area contributed by atoms with E-state index in [1.165, 1.54) is 5.56 Å². The number of aryl methyl sites for hydroxylation is 1. The number of thiocarbonyl (C=S) groups is 1. The van der Waals surface area contributed by atoms with Gasteiger partial charge in [0.2, 0.25) is 0 Å². The molecule has 3 aromatic carbocycles. The van der Waals surface area contributed by atoms with E-state index in [-0.39, 0.29) is 6.04 Å². The van der Waals surface area contributed by atoms with Crippen LogP contribution in [0.5, 0.6) is 11.5 Å². The molecule has 28 heavy (non-hydrogen) atoms. The Morgan fingerprint density at radius 2 is 1.61 bits per heavy atom. The number of rotatable bonds is 4. The molecular weight excluding hydrogens is 368 g/mol. The van der Waals surface area contributed by atoms with Gasteiger partial charge in [0.15, 0.2) is 16.6 Å². The summed E-state index contributed by atoms with van der Waals surface area (Å²) in [6, 6.07) is 24.5. The Labute approximate surface area is 170 Å². The van der Waals surface area contributed by atoms with E-state index in [9.17, 15) is 0 Å². The summed E-state index contributed by atoms with van der Waals surface area (Å²) in [6.07, 6.45) is 0. The van der Waals surface area contributed by atoms with Crippen LogP contribution in [0.15, 0.2) is 72.8 Å². The third-order valence-electron chi connectivity index (χ3n) is 4.58. The summed E-state index contributed by atoms with van der Waals surface area (Å²) in [5, 5.41) is 7.26. The van der Waals surface area contributed by atoms with E-state index < -0.39 is 0 Å². The first-order valence-corrected chi connectivity index (χ1v) is 9.68. The SMILES string of the molecule is Cc1cccc([C@H](NC(=S)Nc2ccc3c(c2)OCCO3)c2ccccc2)c1. The molecule has 1 atom stereocenters. The van der Waals surface area contributed by atoms with Crippen molar-refractivity contribution in [1.29, 1.82) is 0 Å². The Hall–Kier alpha value is -3.05. The number of nitrogens with one attached hydrogen (secondary N) is 2. The summed E-state index contributed by atoms with van der Waals surface area (Å²) >= 11 is 5.61. The average molecular weight is 391 g/mol. The van der Waals surface area contributed by atoms with E-state index in [0.29, 0.717) is 18.3 Å². The maximum absolute atomic E-state index is 5.65. The fourth-order valence-corrected chi connectivity index (χ4v) is 3.51. The zero-order chi connectivity index (χ0) is 19.3. The number of anilines is 1. The summed E-state index contributed by atoms with van der Waals surface area (Å²) in [4.78, 5) is 0. The predicted molar refractivity (Wildman–Crippen MR) is 116 cm³/mol. The largest absolute Gasteiger partial charge is 0.486 e. The second-order valence-corrected chi connectivity index (χ2v) is 7.12. The molecule has 0 spiro atoms. The zero-order valence-corrected chi connectivity index (χ0v) is 16.5. The van der Waals surface area contributed by atoms with Gasteiger partial charge in [-0.3, -0.25) is 0 Å². The lowest BCUT2D eigenvalue weighted by molar-refractivity contribution is 0.171. The highest BCUT2D eigenvalue weighted by atomic mass is 32.1. The van der Waals surface area contributed by atoms with E-state index >= 15 is 0 Å². The Morgan fingerprint density at radius 1 is 0.857 bits per heavy atom. The summed E-state index contributed by atoms with van der Waals surface area (Å²) < 4.78 is 11.2. The van der Waals surface area contributed by atoms with Crippen LogP contribution in [-0.2, 0) is 0 Å². The Morgan fingerprint density at radius 3 is 2.39 bits per heavy atom. The standard InChI is InChI=1S/C23H22N2O2S/c1-16-6-5-9-18(14-16)22(17-7-3-2-4-8-17)25-23(28)24-19-10-11-20-21(15-19)27-13-12-26-20/h2-11,14-15,22H,12-13H2,1H3,(H2,24,25,28)/t22-/m1/s1. The van der Waals surface area contributed by atoms with Crippen molar-refractivity contribution in [2.24, 2.45) is 0 Å². The minimum atomic E-state index is -0.0432. The first-order chi connectivity index (χ1) is 13.7. The van der Waals surface area contributed by atoms with Gasteiger partial charge in [-0.1, -0.05) is 60.2 Å². The Bertz CT molecular complexity index is 975. The van der Waals surface area contributed by atoms with Crippen LogP contribution in [0.3, 0.4) is 0 Å².